The number of H-pyrrole nitrogens is 1. The van der Waals surface area contributed by atoms with Gasteiger partial charge < -0.3 is 29.6 Å². The summed E-state index contributed by atoms with van der Waals surface area (Å²) in [5, 5.41) is 2.51. The number of aromatic amines is 1. The van der Waals surface area contributed by atoms with E-state index in [1.54, 1.807) is 56.1 Å². The lowest BCUT2D eigenvalue weighted by Crippen LogP contribution is -2.56. The topological polar surface area (TPSA) is 133 Å². The van der Waals surface area contributed by atoms with Crippen molar-refractivity contribution in [2.24, 2.45) is 11.3 Å². The van der Waals surface area contributed by atoms with Gasteiger partial charge in [-0.2, -0.15) is 0 Å². The first-order valence-electron chi connectivity index (χ1n) is 19.2. The van der Waals surface area contributed by atoms with Gasteiger partial charge >= 0.3 is 12.5 Å². The van der Waals surface area contributed by atoms with E-state index in [2.05, 4.69) is 20.0 Å². The van der Waals surface area contributed by atoms with Crippen LogP contribution in [-0.2, 0) is 9.53 Å². The lowest BCUT2D eigenvalue weighted by molar-refractivity contribution is -0.275. The van der Waals surface area contributed by atoms with Crippen molar-refractivity contribution in [2.45, 2.75) is 85.9 Å². The second kappa shape index (κ2) is 15.9. The first-order valence-corrected chi connectivity index (χ1v) is 19.2. The maximum Gasteiger partial charge on any atom is 0.573 e. The van der Waals surface area contributed by atoms with Crippen molar-refractivity contribution in [1.29, 1.82) is 0 Å². The van der Waals surface area contributed by atoms with Crippen LogP contribution < -0.4 is 15.0 Å². The summed E-state index contributed by atoms with van der Waals surface area (Å²) < 4.78 is 66.7. The molecule has 3 amide bonds. The predicted octanol–water partition coefficient (Wildman–Crippen LogP) is 8.83. The number of rotatable bonds is 7. The summed E-state index contributed by atoms with van der Waals surface area (Å²) in [6, 6.07) is 11.4. The first-order chi connectivity index (χ1) is 27.1. The Balaban J connectivity index is 1.17. The van der Waals surface area contributed by atoms with Crippen LogP contribution in [0, 0.1) is 17.2 Å². The molecule has 58 heavy (non-hydrogen) atoms. The molecule has 2 aromatic carbocycles. The van der Waals surface area contributed by atoms with Gasteiger partial charge in [-0.25, -0.2) is 19.2 Å². The molecule has 0 spiro atoms. The number of hydrogen-bond donors (Lipinski definition) is 2. The maximum atomic E-state index is 15.9. The lowest BCUT2D eigenvalue weighted by Gasteiger charge is -2.42. The minimum absolute atomic E-state index is 0.0358. The summed E-state index contributed by atoms with van der Waals surface area (Å²) in [5.74, 6) is -2.19. The van der Waals surface area contributed by atoms with E-state index < -0.39 is 46.5 Å². The molecule has 0 bridgehead atoms. The standard InChI is InChI=1S/C42H49F4N7O5/c1-24-19-32(53(22-24)39(56)58-41(6,7)8)36-48-21-31(50-36)27-11-9-26(10-12-27)29-14-15-30(34(43)35(29)57-42(44,45)46)37(54)49-28-13-16-33(47-20-28)52-18-17-51(23-25(52)2)38(55)40(3,4)5/h9-16,20-21,24-25,32H,17-19,22-23H2,1-8H3,(H,48,50)(H,49,54)/t24?,25-,32?/m1/s1. The van der Waals surface area contributed by atoms with Crippen LogP contribution in [0.3, 0.4) is 0 Å². The van der Waals surface area contributed by atoms with Crippen molar-refractivity contribution < 1.29 is 41.4 Å². The number of piperazine rings is 1. The third-order valence-electron chi connectivity index (χ3n) is 9.96. The zero-order chi connectivity index (χ0) is 42.3. The van der Waals surface area contributed by atoms with Crippen molar-refractivity contribution in [2.75, 3.05) is 36.4 Å². The van der Waals surface area contributed by atoms with Gasteiger partial charge in [-0.1, -0.05) is 52.0 Å². The van der Waals surface area contributed by atoms with E-state index in [4.69, 9.17) is 9.72 Å². The van der Waals surface area contributed by atoms with Gasteiger partial charge in [0.15, 0.2) is 11.6 Å². The number of halogens is 4. The van der Waals surface area contributed by atoms with Crippen molar-refractivity contribution in [3.63, 3.8) is 0 Å². The number of ether oxygens (including phenoxy) is 2. The molecule has 310 valence electrons. The molecule has 16 heteroatoms. The van der Waals surface area contributed by atoms with Gasteiger partial charge in [0, 0.05) is 55.0 Å². The summed E-state index contributed by atoms with van der Waals surface area (Å²) in [7, 11) is 0. The number of likely N-dealkylation sites (tertiary alicyclic amines) is 1. The molecule has 3 atom stereocenters. The summed E-state index contributed by atoms with van der Waals surface area (Å²) in [6.45, 7) is 17.2. The molecular formula is C42H49F4N7O5. The van der Waals surface area contributed by atoms with Crippen LogP contribution in [0.5, 0.6) is 5.75 Å². The Morgan fingerprint density at radius 1 is 0.897 bits per heavy atom. The largest absolute Gasteiger partial charge is 0.573 e. The van der Waals surface area contributed by atoms with Crippen molar-refractivity contribution in [1.82, 2.24) is 24.8 Å². The van der Waals surface area contributed by atoms with Gasteiger partial charge in [0.2, 0.25) is 5.91 Å². The molecule has 6 rings (SSSR count). The van der Waals surface area contributed by atoms with Crippen molar-refractivity contribution >= 4 is 29.4 Å². The number of amides is 3. The van der Waals surface area contributed by atoms with E-state index in [-0.39, 0.29) is 40.7 Å². The van der Waals surface area contributed by atoms with Crippen LogP contribution in [0.25, 0.3) is 22.4 Å². The van der Waals surface area contributed by atoms with E-state index in [0.717, 1.165) is 6.07 Å². The molecule has 4 aromatic rings. The normalized spacial score (nSPS) is 19.0. The second-order valence-corrected chi connectivity index (χ2v) is 17.0. The van der Waals surface area contributed by atoms with E-state index in [1.807, 2.05) is 44.4 Å². The molecule has 2 fully saturated rings. The number of nitrogens with zero attached hydrogens (tertiary/aromatic N) is 5. The molecule has 2 saturated heterocycles. The Bertz CT molecular complexity index is 2140. The van der Waals surface area contributed by atoms with Crippen LogP contribution in [-0.4, -0.2) is 86.8 Å². The number of carbonyl (C=O) groups excluding carboxylic acids is 3. The first kappa shape index (κ1) is 41.9. The molecule has 0 radical (unpaired) electrons. The summed E-state index contributed by atoms with van der Waals surface area (Å²) in [5.41, 5.74) is -0.512. The number of benzene rings is 2. The van der Waals surface area contributed by atoms with Gasteiger partial charge in [-0.15, -0.1) is 13.2 Å². The number of pyridine rings is 1. The molecule has 0 aliphatic carbocycles. The van der Waals surface area contributed by atoms with Gasteiger partial charge in [0.05, 0.1) is 29.2 Å². The summed E-state index contributed by atoms with van der Waals surface area (Å²) >= 11 is 0. The Kier molecular flexibility index (Phi) is 11.5. The Labute approximate surface area is 334 Å². The Hall–Kier alpha value is -5.67. The molecular weight excluding hydrogens is 758 g/mol. The zero-order valence-electron chi connectivity index (χ0n) is 33.8. The number of nitrogens with one attached hydrogen (secondary N) is 2. The van der Waals surface area contributed by atoms with Gasteiger partial charge in [0.1, 0.15) is 17.2 Å². The minimum atomic E-state index is -5.26. The Morgan fingerprint density at radius 2 is 1.59 bits per heavy atom. The fourth-order valence-electron chi connectivity index (χ4n) is 7.26. The molecule has 2 aliphatic rings. The third-order valence-corrected chi connectivity index (χ3v) is 9.96. The lowest BCUT2D eigenvalue weighted by atomic mass is 9.94. The van der Waals surface area contributed by atoms with Crippen molar-refractivity contribution in [3.8, 4) is 28.1 Å². The fourth-order valence-corrected chi connectivity index (χ4v) is 7.26. The SMILES string of the molecule is CC1CC(c2nc(-c3ccc(-c4ccc(C(=O)Nc5ccc(N6CCN(C(=O)C(C)(C)C)C[C@H]6C)nc5)c(F)c4OC(F)(F)F)cc3)c[nH]2)N(C(=O)OC(C)(C)C)C1. The van der Waals surface area contributed by atoms with Gasteiger partial charge in [0.25, 0.3) is 5.91 Å². The highest BCUT2D eigenvalue weighted by molar-refractivity contribution is 6.05. The number of carbonyl (C=O) groups is 3. The molecule has 2 N–H and O–H groups in total. The molecule has 4 heterocycles. The molecule has 2 aromatic heterocycles. The highest BCUT2D eigenvalue weighted by Crippen LogP contribution is 2.40. The number of imidazole rings is 1. The van der Waals surface area contributed by atoms with Crippen LogP contribution in [0.4, 0.5) is 33.9 Å². The Morgan fingerprint density at radius 3 is 2.19 bits per heavy atom. The number of anilines is 2. The molecule has 12 nitrogen and oxygen atoms in total. The monoisotopic (exact) mass is 807 g/mol. The quantitative estimate of drug-likeness (QED) is 0.177. The number of alkyl halides is 3. The summed E-state index contributed by atoms with van der Waals surface area (Å²) in [6.07, 6.45) is -1.97. The maximum absolute atomic E-state index is 15.9. The van der Waals surface area contributed by atoms with E-state index in [1.165, 1.54) is 24.4 Å². The molecule has 2 unspecified atom stereocenters. The summed E-state index contributed by atoms with van der Waals surface area (Å²) in [4.78, 5) is 56.8. The second-order valence-electron chi connectivity index (χ2n) is 17.0. The minimum Gasteiger partial charge on any atom is -0.444 e. The van der Waals surface area contributed by atoms with Crippen LogP contribution >= 0.6 is 0 Å². The van der Waals surface area contributed by atoms with Crippen LogP contribution in [0.1, 0.15) is 84.0 Å². The molecule has 2 aliphatic heterocycles. The van der Waals surface area contributed by atoms with Crippen LogP contribution in [0.15, 0.2) is 60.9 Å². The zero-order valence-corrected chi connectivity index (χ0v) is 33.8. The van der Waals surface area contributed by atoms with Crippen molar-refractivity contribution in [3.05, 3.63) is 78.1 Å². The van der Waals surface area contributed by atoms with E-state index >= 15 is 4.39 Å². The smallest absolute Gasteiger partial charge is 0.444 e. The van der Waals surface area contributed by atoms with E-state index in [9.17, 15) is 27.6 Å². The average Bonchev–Trinajstić information content (AvgIpc) is 3.78. The number of aromatic nitrogens is 3. The van der Waals surface area contributed by atoms with Gasteiger partial charge in [-0.3, -0.25) is 14.5 Å². The fraction of sp³-hybridized carbons (Fsp3) is 0.452. The number of hydrogen-bond acceptors (Lipinski definition) is 8. The van der Waals surface area contributed by atoms with Crippen LogP contribution in [0.2, 0.25) is 0 Å². The van der Waals surface area contributed by atoms with Gasteiger partial charge in [-0.05, 0) is 69.9 Å². The highest BCUT2D eigenvalue weighted by Gasteiger charge is 2.39. The highest BCUT2D eigenvalue weighted by atomic mass is 19.4. The molecule has 0 saturated carbocycles. The average molecular weight is 808 g/mol. The predicted molar refractivity (Wildman–Crippen MR) is 211 cm³/mol. The third kappa shape index (κ3) is 9.54. The van der Waals surface area contributed by atoms with E-state index in [0.29, 0.717) is 55.5 Å².